The van der Waals surface area contributed by atoms with Gasteiger partial charge in [0.15, 0.2) is 0 Å². The lowest BCUT2D eigenvalue weighted by atomic mass is 10.1. The summed E-state index contributed by atoms with van der Waals surface area (Å²) in [6, 6.07) is 3.75. The second-order valence-corrected chi connectivity index (χ2v) is 7.09. The minimum atomic E-state index is -0.436. The third-order valence-electron chi connectivity index (χ3n) is 3.49. The van der Waals surface area contributed by atoms with E-state index < -0.39 is 5.60 Å². The number of likely N-dealkylation sites (tertiary alicyclic amines) is 1. The Balaban J connectivity index is 1.70. The molecule has 1 aliphatic heterocycles. The van der Waals surface area contributed by atoms with E-state index in [1.165, 1.54) is 0 Å². The number of pyridine rings is 1. The summed E-state index contributed by atoms with van der Waals surface area (Å²) in [5.41, 5.74) is 0.668. The number of nitrogens with zero attached hydrogens (tertiary/aromatic N) is 2. The first-order chi connectivity index (χ1) is 10.3. The van der Waals surface area contributed by atoms with Crippen molar-refractivity contribution in [2.24, 2.45) is 5.92 Å². The zero-order valence-electron chi connectivity index (χ0n) is 13.4. The molecule has 0 radical (unpaired) electrons. The molecule has 1 N–H and O–H groups in total. The van der Waals surface area contributed by atoms with Gasteiger partial charge in [0.2, 0.25) is 0 Å². The highest BCUT2D eigenvalue weighted by atomic mass is 35.5. The summed E-state index contributed by atoms with van der Waals surface area (Å²) < 4.78 is 5.40. The van der Waals surface area contributed by atoms with Crippen LogP contribution in [0.3, 0.4) is 0 Å². The van der Waals surface area contributed by atoms with Gasteiger partial charge in [0.05, 0.1) is 0 Å². The van der Waals surface area contributed by atoms with Crippen LogP contribution in [-0.4, -0.2) is 41.2 Å². The van der Waals surface area contributed by atoms with Gasteiger partial charge in [-0.15, -0.1) is 0 Å². The van der Waals surface area contributed by atoms with Crippen molar-refractivity contribution >= 4 is 17.7 Å². The number of aromatic nitrogens is 1. The van der Waals surface area contributed by atoms with Crippen molar-refractivity contribution in [3.05, 3.63) is 29.0 Å². The summed E-state index contributed by atoms with van der Waals surface area (Å²) >= 11 is 5.76. The average molecular weight is 326 g/mol. The van der Waals surface area contributed by atoms with E-state index in [2.05, 4.69) is 10.3 Å². The summed E-state index contributed by atoms with van der Waals surface area (Å²) in [6.45, 7) is 8.82. The first-order valence-electron chi connectivity index (χ1n) is 7.62. The van der Waals surface area contributed by atoms with Gasteiger partial charge in [-0.25, -0.2) is 9.78 Å². The van der Waals surface area contributed by atoms with E-state index in [-0.39, 0.29) is 6.09 Å². The van der Waals surface area contributed by atoms with Gasteiger partial charge in [0, 0.05) is 32.4 Å². The summed E-state index contributed by atoms with van der Waals surface area (Å²) in [6.07, 6.45) is 2.57. The Morgan fingerprint density at radius 2 is 2.27 bits per heavy atom. The molecule has 1 aromatic heterocycles. The van der Waals surface area contributed by atoms with Crippen LogP contribution in [0.4, 0.5) is 4.79 Å². The van der Waals surface area contributed by atoms with E-state index in [9.17, 15) is 4.79 Å². The predicted molar refractivity (Wildman–Crippen MR) is 86.9 cm³/mol. The van der Waals surface area contributed by atoms with Crippen LogP contribution in [0.25, 0.3) is 0 Å². The largest absolute Gasteiger partial charge is 0.444 e. The van der Waals surface area contributed by atoms with Crippen molar-refractivity contribution in [1.82, 2.24) is 15.2 Å². The average Bonchev–Trinajstić information content (AvgIpc) is 2.88. The highest BCUT2D eigenvalue weighted by Gasteiger charge is 2.29. The molecule has 1 amide bonds. The minimum absolute atomic E-state index is 0.211. The van der Waals surface area contributed by atoms with Crippen molar-refractivity contribution < 1.29 is 9.53 Å². The maximum absolute atomic E-state index is 12.0. The maximum atomic E-state index is 12.0. The van der Waals surface area contributed by atoms with Gasteiger partial charge < -0.3 is 15.0 Å². The number of carbonyl (C=O) groups excluding carboxylic acids is 1. The van der Waals surface area contributed by atoms with Gasteiger partial charge in [0.25, 0.3) is 0 Å². The van der Waals surface area contributed by atoms with Gasteiger partial charge in [-0.05, 0) is 44.7 Å². The third-order valence-corrected chi connectivity index (χ3v) is 3.71. The zero-order valence-corrected chi connectivity index (χ0v) is 14.2. The number of nitrogens with one attached hydrogen (secondary N) is 1. The Morgan fingerprint density at radius 3 is 2.91 bits per heavy atom. The van der Waals surface area contributed by atoms with Crippen LogP contribution >= 0.6 is 11.6 Å². The first kappa shape index (κ1) is 17.0. The summed E-state index contributed by atoms with van der Waals surface area (Å²) in [5.74, 6) is 0.466. The fourth-order valence-electron chi connectivity index (χ4n) is 2.42. The first-order valence-corrected chi connectivity index (χ1v) is 8.00. The SMILES string of the molecule is CC(C)(C)OC(=O)N1CC[C@@H](CNCc2ccc(Cl)nc2)C1. The number of ether oxygens (including phenoxy) is 1. The van der Waals surface area contributed by atoms with Gasteiger partial charge >= 0.3 is 6.09 Å². The smallest absolute Gasteiger partial charge is 0.410 e. The highest BCUT2D eigenvalue weighted by Crippen LogP contribution is 2.19. The molecule has 22 heavy (non-hydrogen) atoms. The van der Waals surface area contributed by atoms with E-state index in [0.29, 0.717) is 11.1 Å². The molecule has 0 bridgehead atoms. The molecular weight excluding hydrogens is 302 g/mol. The van der Waals surface area contributed by atoms with Crippen LogP contribution in [0.15, 0.2) is 18.3 Å². The minimum Gasteiger partial charge on any atom is -0.444 e. The molecule has 0 aliphatic carbocycles. The van der Waals surface area contributed by atoms with E-state index in [0.717, 1.165) is 38.2 Å². The van der Waals surface area contributed by atoms with E-state index in [1.807, 2.05) is 26.8 Å². The number of carbonyl (C=O) groups is 1. The fourth-order valence-corrected chi connectivity index (χ4v) is 2.54. The normalized spacial score (nSPS) is 18.5. The summed E-state index contributed by atoms with van der Waals surface area (Å²) in [4.78, 5) is 17.8. The summed E-state index contributed by atoms with van der Waals surface area (Å²) in [5, 5.41) is 3.92. The van der Waals surface area contributed by atoms with Gasteiger partial charge in [-0.1, -0.05) is 17.7 Å². The van der Waals surface area contributed by atoms with Crippen LogP contribution in [0.5, 0.6) is 0 Å². The molecule has 1 aromatic rings. The third kappa shape index (κ3) is 5.46. The maximum Gasteiger partial charge on any atom is 0.410 e. The zero-order chi connectivity index (χ0) is 16.2. The number of hydrogen-bond donors (Lipinski definition) is 1. The van der Waals surface area contributed by atoms with E-state index >= 15 is 0 Å². The Labute approximate surface area is 137 Å². The highest BCUT2D eigenvalue weighted by molar-refractivity contribution is 6.29. The Kier molecular flexibility index (Phi) is 5.64. The molecule has 0 unspecified atom stereocenters. The second-order valence-electron chi connectivity index (χ2n) is 6.70. The van der Waals surface area contributed by atoms with Gasteiger partial charge in [-0.2, -0.15) is 0 Å². The lowest BCUT2D eigenvalue weighted by molar-refractivity contribution is 0.0288. The molecule has 1 saturated heterocycles. The molecule has 2 rings (SSSR count). The van der Waals surface area contributed by atoms with Gasteiger partial charge in [0.1, 0.15) is 10.8 Å². The molecule has 2 heterocycles. The van der Waals surface area contributed by atoms with E-state index in [4.69, 9.17) is 16.3 Å². The monoisotopic (exact) mass is 325 g/mol. The van der Waals surface area contributed by atoms with Crippen molar-refractivity contribution in [3.63, 3.8) is 0 Å². The van der Waals surface area contributed by atoms with Crippen molar-refractivity contribution in [3.8, 4) is 0 Å². The summed E-state index contributed by atoms with van der Waals surface area (Å²) in [7, 11) is 0. The lowest BCUT2D eigenvalue weighted by Crippen LogP contribution is -2.36. The number of rotatable bonds is 4. The fraction of sp³-hybridized carbons (Fsp3) is 0.625. The van der Waals surface area contributed by atoms with Crippen molar-refractivity contribution in [2.45, 2.75) is 39.3 Å². The van der Waals surface area contributed by atoms with Crippen LogP contribution in [0.1, 0.15) is 32.8 Å². The van der Waals surface area contributed by atoms with Crippen LogP contribution in [-0.2, 0) is 11.3 Å². The molecule has 1 aliphatic rings. The van der Waals surface area contributed by atoms with Crippen molar-refractivity contribution in [2.75, 3.05) is 19.6 Å². The molecule has 0 aromatic carbocycles. The molecule has 0 spiro atoms. The Bertz CT molecular complexity index is 499. The standard InChI is InChI=1S/C16H24ClN3O2/c1-16(2,3)22-15(21)20-7-6-13(11-20)9-18-8-12-4-5-14(17)19-10-12/h4-5,10,13,18H,6-9,11H2,1-3H3/t13-/m0/s1. The van der Waals surface area contributed by atoms with Crippen LogP contribution < -0.4 is 5.32 Å². The van der Waals surface area contributed by atoms with Crippen LogP contribution in [0, 0.1) is 5.92 Å². The predicted octanol–water partition coefficient (Wildman–Crippen LogP) is 3.08. The van der Waals surface area contributed by atoms with E-state index in [1.54, 1.807) is 17.2 Å². The molecule has 122 valence electrons. The molecular formula is C16H24ClN3O2. The molecule has 1 atom stereocenters. The van der Waals surface area contributed by atoms with Crippen LogP contribution in [0.2, 0.25) is 5.15 Å². The molecule has 1 fully saturated rings. The topological polar surface area (TPSA) is 54.5 Å². The molecule has 0 saturated carbocycles. The molecule has 6 heteroatoms. The number of halogens is 1. The quantitative estimate of drug-likeness (QED) is 0.864. The van der Waals surface area contributed by atoms with Gasteiger partial charge in [-0.3, -0.25) is 0 Å². The second kappa shape index (κ2) is 7.29. The molecule has 5 nitrogen and oxygen atoms in total. The van der Waals surface area contributed by atoms with Crippen molar-refractivity contribution in [1.29, 1.82) is 0 Å². The Hall–Kier alpha value is -1.33. The lowest BCUT2D eigenvalue weighted by Gasteiger charge is -2.24. The Morgan fingerprint density at radius 1 is 1.50 bits per heavy atom. The number of amides is 1. The number of hydrogen-bond acceptors (Lipinski definition) is 4.